The number of hydrogen-bond donors (Lipinski definition) is 2. The van der Waals surface area contributed by atoms with Crippen LogP contribution in [-0.4, -0.2) is 23.1 Å². The maximum Gasteiger partial charge on any atom is 0.224 e. The first kappa shape index (κ1) is 25.8. The molecule has 2 N–H and O–H groups in total. The average Bonchev–Trinajstić information content (AvgIpc) is 3.55. The van der Waals surface area contributed by atoms with Crippen molar-refractivity contribution in [2.75, 3.05) is 17.3 Å². The van der Waals surface area contributed by atoms with Crippen molar-refractivity contribution in [2.24, 2.45) is 0 Å². The third kappa shape index (κ3) is 4.97. The van der Waals surface area contributed by atoms with E-state index in [4.69, 9.17) is 33.0 Å². The number of ether oxygens (including phenoxy) is 1. The van der Waals surface area contributed by atoms with Gasteiger partial charge in [-0.25, -0.2) is 0 Å². The molecule has 9 heteroatoms. The van der Waals surface area contributed by atoms with Gasteiger partial charge in [-0.2, -0.15) is 0 Å². The van der Waals surface area contributed by atoms with Crippen molar-refractivity contribution in [3.05, 3.63) is 95.0 Å². The van der Waals surface area contributed by atoms with Crippen molar-refractivity contribution in [1.82, 2.24) is 10.3 Å². The predicted octanol–water partition coefficient (Wildman–Crippen LogP) is 6.84. The second kappa shape index (κ2) is 10.8. The van der Waals surface area contributed by atoms with E-state index in [1.54, 1.807) is 20.2 Å². The lowest BCUT2D eigenvalue weighted by Crippen LogP contribution is -2.29. The second-order valence-corrected chi connectivity index (χ2v) is 9.77. The molecule has 2 aromatic carbocycles. The Kier molecular flexibility index (Phi) is 7.35. The lowest BCUT2D eigenvalue weighted by atomic mass is 10.0. The number of carbonyl (C=O) groups is 1. The Morgan fingerprint density at radius 3 is 2.76 bits per heavy atom. The van der Waals surface area contributed by atoms with Gasteiger partial charge >= 0.3 is 0 Å². The average molecular weight is 547 g/mol. The van der Waals surface area contributed by atoms with Gasteiger partial charge in [0.05, 0.1) is 24.5 Å². The summed E-state index contributed by atoms with van der Waals surface area (Å²) >= 11 is 12.1. The highest BCUT2D eigenvalue weighted by atomic mass is 35.5. The molecule has 1 aliphatic rings. The summed E-state index contributed by atoms with van der Waals surface area (Å²) in [5.41, 5.74) is 4.20. The molecular weight excluding hydrogens is 520 g/mol. The summed E-state index contributed by atoms with van der Waals surface area (Å²) in [5, 5.41) is 7.48. The minimum atomic E-state index is -0.341. The van der Waals surface area contributed by atoms with Crippen LogP contribution in [0.15, 0.2) is 77.3 Å². The van der Waals surface area contributed by atoms with E-state index in [0.717, 1.165) is 22.5 Å². The van der Waals surface area contributed by atoms with Gasteiger partial charge in [-0.3, -0.25) is 9.78 Å². The van der Waals surface area contributed by atoms with E-state index in [1.165, 1.54) is 0 Å². The lowest BCUT2D eigenvalue weighted by molar-refractivity contribution is -0.115. The van der Waals surface area contributed by atoms with Crippen LogP contribution >= 0.6 is 23.8 Å². The first-order chi connectivity index (χ1) is 18.4. The number of halogens is 1. The molecular formula is C29H27ClN4O3S. The Bertz CT molecular complexity index is 1490. The van der Waals surface area contributed by atoms with E-state index < -0.39 is 0 Å². The molecule has 3 heterocycles. The fourth-order valence-corrected chi connectivity index (χ4v) is 5.13. The van der Waals surface area contributed by atoms with Crippen molar-refractivity contribution in [1.29, 1.82) is 0 Å². The number of methoxy groups -OCH3 is 1. The van der Waals surface area contributed by atoms with Gasteiger partial charge < -0.3 is 24.7 Å². The minimum absolute atomic E-state index is 0.0954. The summed E-state index contributed by atoms with van der Waals surface area (Å²) < 4.78 is 12.1. The summed E-state index contributed by atoms with van der Waals surface area (Å²) in [6.45, 7) is 3.82. The number of aryl methyl sites for hydroxylation is 1. The van der Waals surface area contributed by atoms with Crippen LogP contribution < -0.4 is 20.3 Å². The number of furan rings is 1. The van der Waals surface area contributed by atoms with Gasteiger partial charge in [-0.1, -0.05) is 30.7 Å². The van der Waals surface area contributed by atoms with Crippen LogP contribution in [0.2, 0.25) is 5.02 Å². The maximum absolute atomic E-state index is 12.0. The number of aromatic nitrogens is 1. The van der Waals surface area contributed by atoms with E-state index in [-0.39, 0.29) is 18.0 Å². The normalized spacial score (nSPS) is 16.8. The van der Waals surface area contributed by atoms with Crippen molar-refractivity contribution < 1.29 is 13.9 Å². The van der Waals surface area contributed by atoms with Crippen molar-refractivity contribution in [3.63, 3.8) is 0 Å². The molecule has 1 aliphatic heterocycles. The monoisotopic (exact) mass is 546 g/mol. The summed E-state index contributed by atoms with van der Waals surface area (Å²) in [4.78, 5) is 18.6. The van der Waals surface area contributed by atoms with E-state index in [9.17, 15) is 4.79 Å². The zero-order valence-electron chi connectivity index (χ0n) is 21.2. The molecule has 2 atom stereocenters. The molecule has 0 bridgehead atoms. The number of nitrogens with zero attached hydrogens (tertiary/aromatic N) is 2. The summed E-state index contributed by atoms with van der Waals surface area (Å²) in [7, 11) is 1.57. The number of benzene rings is 2. The Hall–Kier alpha value is -3.88. The molecule has 4 aromatic rings. The van der Waals surface area contributed by atoms with Gasteiger partial charge in [0, 0.05) is 35.0 Å². The van der Waals surface area contributed by atoms with Gasteiger partial charge in [0.1, 0.15) is 23.3 Å². The van der Waals surface area contributed by atoms with Gasteiger partial charge in [-0.15, -0.1) is 0 Å². The Morgan fingerprint density at radius 1 is 1.18 bits per heavy atom. The summed E-state index contributed by atoms with van der Waals surface area (Å²) in [5.74, 6) is 1.86. The molecule has 194 valence electrons. The van der Waals surface area contributed by atoms with Crippen molar-refractivity contribution in [3.8, 4) is 17.1 Å². The molecule has 0 radical (unpaired) electrons. The Balaban J connectivity index is 1.59. The molecule has 0 aliphatic carbocycles. The number of pyridine rings is 1. The van der Waals surface area contributed by atoms with E-state index >= 15 is 0 Å². The fraction of sp³-hybridized carbons (Fsp3) is 0.207. The molecule has 1 saturated heterocycles. The van der Waals surface area contributed by atoms with E-state index in [0.29, 0.717) is 39.5 Å². The third-order valence-electron chi connectivity index (χ3n) is 6.54. The van der Waals surface area contributed by atoms with Crippen LogP contribution in [0.3, 0.4) is 0 Å². The third-order valence-corrected chi connectivity index (χ3v) is 7.09. The molecule has 5 rings (SSSR count). The lowest BCUT2D eigenvalue weighted by Gasteiger charge is -2.27. The van der Waals surface area contributed by atoms with Gasteiger partial charge in [0.15, 0.2) is 5.11 Å². The van der Waals surface area contributed by atoms with E-state index in [1.807, 2.05) is 78.6 Å². The summed E-state index contributed by atoms with van der Waals surface area (Å²) in [6.07, 6.45) is 2.13. The van der Waals surface area contributed by atoms with Crippen LogP contribution in [0.5, 0.6) is 5.75 Å². The zero-order chi connectivity index (χ0) is 26.8. The first-order valence-electron chi connectivity index (χ1n) is 12.2. The molecule has 2 aromatic heterocycles. The van der Waals surface area contributed by atoms with Crippen LogP contribution in [0.1, 0.15) is 42.4 Å². The number of nitrogens with one attached hydrogen (secondary N) is 2. The van der Waals surface area contributed by atoms with Gasteiger partial charge in [0.25, 0.3) is 0 Å². The summed E-state index contributed by atoms with van der Waals surface area (Å²) in [6, 6.07) is 20.4. The zero-order valence-corrected chi connectivity index (χ0v) is 22.8. The SMILES string of the molecule is CCC(=O)Nc1ccc(N2C(=S)N[C@H](c3ccccn3)[C@H]2c2ccc(-c3cc(Cl)ccc3C)o2)cc1OC. The highest BCUT2D eigenvalue weighted by Gasteiger charge is 2.43. The van der Waals surface area contributed by atoms with Crippen molar-refractivity contribution in [2.45, 2.75) is 32.4 Å². The highest BCUT2D eigenvalue weighted by molar-refractivity contribution is 7.80. The van der Waals surface area contributed by atoms with Crippen LogP contribution in [0, 0.1) is 6.92 Å². The minimum Gasteiger partial charge on any atom is -0.494 e. The molecule has 1 fully saturated rings. The number of hydrogen-bond acceptors (Lipinski definition) is 5. The number of thiocarbonyl (C=S) groups is 1. The predicted molar refractivity (Wildman–Crippen MR) is 154 cm³/mol. The first-order valence-corrected chi connectivity index (χ1v) is 13.0. The van der Waals surface area contributed by atoms with Crippen LogP contribution in [0.25, 0.3) is 11.3 Å². The largest absolute Gasteiger partial charge is 0.494 e. The standard InChI is InChI=1S/C29H27ClN4O3S/c1-4-26(35)32-21-11-10-19(16-25(21)36-3)34-28(27(33-29(34)38)22-7-5-6-14-31-22)24-13-12-23(37-24)20-15-18(30)9-8-17(20)2/h5-16,27-28H,4H2,1-3H3,(H,32,35)(H,33,38)/t27-,28-/m1/s1. The molecule has 38 heavy (non-hydrogen) atoms. The second-order valence-electron chi connectivity index (χ2n) is 8.94. The van der Waals surface area contributed by atoms with E-state index in [2.05, 4.69) is 15.6 Å². The molecule has 7 nitrogen and oxygen atoms in total. The smallest absolute Gasteiger partial charge is 0.224 e. The molecule has 0 spiro atoms. The van der Waals surface area contributed by atoms with Crippen molar-refractivity contribution >= 4 is 46.2 Å². The van der Waals surface area contributed by atoms with Crippen LogP contribution in [0.4, 0.5) is 11.4 Å². The van der Waals surface area contributed by atoms with Gasteiger partial charge in [-0.05, 0) is 73.2 Å². The van der Waals surface area contributed by atoms with Crippen LogP contribution in [-0.2, 0) is 4.79 Å². The number of amides is 1. The maximum atomic E-state index is 12.0. The van der Waals surface area contributed by atoms with Gasteiger partial charge in [0.2, 0.25) is 5.91 Å². The number of anilines is 2. The Morgan fingerprint density at radius 2 is 2.03 bits per heavy atom. The topological polar surface area (TPSA) is 79.6 Å². The Labute approximate surface area is 231 Å². The molecule has 0 unspecified atom stereocenters. The quantitative estimate of drug-likeness (QED) is 0.246. The number of carbonyl (C=O) groups excluding carboxylic acids is 1. The highest BCUT2D eigenvalue weighted by Crippen LogP contribution is 2.44. The number of rotatable bonds is 7. The molecule has 1 amide bonds. The molecule has 0 saturated carbocycles. The fourth-order valence-electron chi connectivity index (χ4n) is 4.61.